The summed E-state index contributed by atoms with van der Waals surface area (Å²) in [5.41, 5.74) is 2.94. The highest BCUT2D eigenvalue weighted by atomic mass is 15.1. The Morgan fingerprint density at radius 3 is 2.71 bits per heavy atom. The van der Waals surface area contributed by atoms with Crippen molar-refractivity contribution in [3.05, 3.63) is 17.2 Å². The first-order valence-corrected chi connectivity index (χ1v) is 9.13. The minimum Gasteiger partial charge on any atom is -0.328 e. The van der Waals surface area contributed by atoms with E-state index in [4.69, 9.17) is 4.98 Å². The third kappa shape index (κ3) is 2.54. The van der Waals surface area contributed by atoms with Crippen LogP contribution < -0.4 is 5.32 Å². The highest BCUT2D eigenvalue weighted by Gasteiger charge is 2.32. The van der Waals surface area contributed by atoms with E-state index >= 15 is 0 Å². The summed E-state index contributed by atoms with van der Waals surface area (Å²) in [5, 5.41) is 3.51. The average molecular weight is 287 g/mol. The molecule has 0 aromatic carbocycles. The lowest BCUT2D eigenvalue weighted by atomic mass is 9.88. The maximum absolute atomic E-state index is 5.14. The van der Waals surface area contributed by atoms with E-state index in [1.165, 1.54) is 69.3 Å². The number of hydrogen-bond acceptors (Lipinski definition) is 2. The topological polar surface area (TPSA) is 29.9 Å². The van der Waals surface area contributed by atoms with Crippen LogP contribution >= 0.6 is 0 Å². The molecule has 3 heteroatoms. The molecule has 2 saturated carbocycles. The summed E-state index contributed by atoms with van der Waals surface area (Å²) in [6, 6.07) is 0.742. The molecule has 2 heterocycles. The van der Waals surface area contributed by atoms with Crippen LogP contribution in [0.1, 0.15) is 87.5 Å². The van der Waals surface area contributed by atoms with Gasteiger partial charge < -0.3 is 9.88 Å². The van der Waals surface area contributed by atoms with Gasteiger partial charge in [0, 0.05) is 37.2 Å². The Hall–Kier alpha value is -0.830. The highest BCUT2D eigenvalue weighted by Crippen LogP contribution is 2.41. The summed E-state index contributed by atoms with van der Waals surface area (Å²) < 4.78 is 2.73. The minimum absolute atomic E-state index is 0.736. The van der Waals surface area contributed by atoms with Crippen LogP contribution in [0.2, 0.25) is 0 Å². The lowest BCUT2D eigenvalue weighted by Crippen LogP contribution is -2.26. The van der Waals surface area contributed by atoms with Crippen molar-refractivity contribution >= 4 is 0 Å². The van der Waals surface area contributed by atoms with Crippen molar-refractivity contribution < 1.29 is 0 Å². The molecule has 4 rings (SSSR count). The molecule has 0 saturated heterocycles. The Morgan fingerprint density at radius 1 is 1.10 bits per heavy atom. The van der Waals surface area contributed by atoms with Crippen molar-refractivity contribution in [2.24, 2.45) is 5.92 Å². The van der Waals surface area contributed by atoms with E-state index in [0.717, 1.165) is 31.0 Å². The van der Waals surface area contributed by atoms with E-state index in [-0.39, 0.29) is 0 Å². The standard InChI is InChI=1S/C18H29N3/c1-13-7-8-15(11-13)21-17-9-10-19-12-16(17)20-18(21)14-5-3-2-4-6-14/h13-15,19H,2-12H2,1H3. The van der Waals surface area contributed by atoms with E-state index in [1.54, 1.807) is 5.69 Å². The number of hydrogen-bond donors (Lipinski definition) is 1. The average Bonchev–Trinajstić information content (AvgIpc) is 3.11. The fraction of sp³-hybridized carbons (Fsp3) is 0.833. The van der Waals surface area contributed by atoms with Crippen LogP contribution in [0.25, 0.3) is 0 Å². The molecule has 3 nitrogen and oxygen atoms in total. The zero-order valence-corrected chi connectivity index (χ0v) is 13.4. The Morgan fingerprint density at radius 2 is 1.95 bits per heavy atom. The van der Waals surface area contributed by atoms with Gasteiger partial charge >= 0.3 is 0 Å². The number of imidazole rings is 1. The predicted octanol–water partition coefficient (Wildman–Crippen LogP) is 3.94. The fourth-order valence-corrected chi connectivity index (χ4v) is 4.82. The molecule has 0 spiro atoms. The van der Waals surface area contributed by atoms with Crippen molar-refractivity contribution in [2.75, 3.05) is 6.54 Å². The summed E-state index contributed by atoms with van der Waals surface area (Å²) in [5.74, 6) is 3.09. The minimum atomic E-state index is 0.736. The number of fused-ring (bicyclic) bond motifs is 1. The molecular weight excluding hydrogens is 258 g/mol. The van der Waals surface area contributed by atoms with Crippen LogP contribution in [0.4, 0.5) is 0 Å². The summed E-state index contributed by atoms with van der Waals surface area (Å²) in [6.45, 7) is 4.54. The van der Waals surface area contributed by atoms with Crippen molar-refractivity contribution in [1.29, 1.82) is 0 Å². The van der Waals surface area contributed by atoms with E-state index in [9.17, 15) is 0 Å². The molecular formula is C18H29N3. The van der Waals surface area contributed by atoms with Gasteiger partial charge in [-0.15, -0.1) is 0 Å². The SMILES string of the molecule is CC1CCC(n2c(C3CCCCC3)nc3c2CCNC3)C1. The molecule has 2 atom stereocenters. The molecule has 1 aromatic rings. The molecule has 0 radical (unpaired) electrons. The van der Waals surface area contributed by atoms with E-state index < -0.39 is 0 Å². The van der Waals surface area contributed by atoms with Gasteiger partial charge in [0.15, 0.2) is 0 Å². The van der Waals surface area contributed by atoms with Crippen molar-refractivity contribution in [3.8, 4) is 0 Å². The number of nitrogens with one attached hydrogen (secondary N) is 1. The van der Waals surface area contributed by atoms with Gasteiger partial charge in [0.05, 0.1) is 5.69 Å². The number of nitrogens with zero attached hydrogens (tertiary/aromatic N) is 2. The molecule has 0 amide bonds. The molecule has 1 N–H and O–H groups in total. The predicted molar refractivity (Wildman–Crippen MR) is 85.5 cm³/mol. The molecule has 3 aliphatic rings. The maximum atomic E-state index is 5.14. The molecule has 1 aromatic heterocycles. The Labute approximate surface area is 128 Å². The van der Waals surface area contributed by atoms with Crippen LogP contribution in [0.15, 0.2) is 0 Å². The van der Waals surface area contributed by atoms with Gasteiger partial charge in [-0.1, -0.05) is 26.2 Å². The lowest BCUT2D eigenvalue weighted by Gasteiger charge is -2.26. The Balaban J connectivity index is 1.72. The summed E-state index contributed by atoms with van der Waals surface area (Å²) in [6.07, 6.45) is 12.3. The second-order valence-corrected chi connectivity index (χ2v) is 7.57. The summed E-state index contributed by atoms with van der Waals surface area (Å²) in [7, 11) is 0. The lowest BCUT2D eigenvalue weighted by molar-refractivity contribution is 0.386. The number of rotatable bonds is 2. The van der Waals surface area contributed by atoms with E-state index in [2.05, 4.69) is 16.8 Å². The Kier molecular flexibility index (Phi) is 3.78. The zero-order valence-electron chi connectivity index (χ0n) is 13.4. The van der Waals surface area contributed by atoms with Gasteiger partial charge in [0.1, 0.15) is 5.82 Å². The van der Waals surface area contributed by atoms with Crippen LogP contribution in [-0.4, -0.2) is 16.1 Å². The third-order valence-electron chi connectivity index (χ3n) is 5.95. The zero-order chi connectivity index (χ0) is 14.2. The second kappa shape index (κ2) is 5.75. The Bertz CT molecular complexity index is 499. The summed E-state index contributed by atoms with van der Waals surface area (Å²) >= 11 is 0. The quantitative estimate of drug-likeness (QED) is 0.893. The first-order valence-electron chi connectivity index (χ1n) is 9.13. The molecule has 0 bridgehead atoms. The monoisotopic (exact) mass is 287 g/mol. The third-order valence-corrected chi connectivity index (χ3v) is 5.95. The second-order valence-electron chi connectivity index (χ2n) is 7.57. The highest BCUT2D eigenvalue weighted by molar-refractivity contribution is 5.24. The first-order chi connectivity index (χ1) is 10.3. The normalized spacial score (nSPS) is 30.5. The van der Waals surface area contributed by atoms with Gasteiger partial charge in [-0.2, -0.15) is 0 Å². The number of aromatic nitrogens is 2. The van der Waals surface area contributed by atoms with Gasteiger partial charge in [0.25, 0.3) is 0 Å². The fourth-order valence-electron chi connectivity index (χ4n) is 4.82. The van der Waals surface area contributed by atoms with Crippen LogP contribution in [0.5, 0.6) is 0 Å². The van der Waals surface area contributed by atoms with Crippen molar-refractivity contribution in [2.45, 2.75) is 83.2 Å². The molecule has 116 valence electrons. The van der Waals surface area contributed by atoms with Crippen LogP contribution in [0, 0.1) is 5.92 Å². The molecule has 2 unspecified atom stereocenters. The van der Waals surface area contributed by atoms with Crippen molar-refractivity contribution in [1.82, 2.24) is 14.9 Å². The van der Waals surface area contributed by atoms with Crippen LogP contribution in [0.3, 0.4) is 0 Å². The van der Waals surface area contributed by atoms with E-state index in [0.29, 0.717) is 0 Å². The van der Waals surface area contributed by atoms with E-state index in [1.807, 2.05) is 0 Å². The first kappa shape index (κ1) is 13.8. The maximum Gasteiger partial charge on any atom is 0.112 e. The molecule has 2 fully saturated rings. The largest absolute Gasteiger partial charge is 0.328 e. The van der Waals surface area contributed by atoms with Crippen molar-refractivity contribution in [3.63, 3.8) is 0 Å². The molecule has 1 aliphatic heterocycles. The van der Waals surface area contributed by atoms with Gasteiger partial charge in [-0.3, -0.25) is 0 Å². The molecule has 2 aliphatic carbocycles. The molecule has 21 heavy (non-hydrogen) atoms. The summed E-state index contributed by atoms with van der Waals surface area (Å²) in [4.78, 5) is 5.14. The van der Waals surface area contributed by atoms with Gasteiger partial charge in [-0.05, 0) is 38.0 Å². The van der Waals surface area contributed by atoms with Gasteiger partial charge in [0.2, 0.25) is 0 Å². The van der Waals surface area contributed by atoms with Crippen LogP contribution in [-0.2, 0) is 13.0 Å². The van der Waals surface area contributed by atoms with Gasteiger partial charge in [-0.25, -0.2) is 4.98 Å². The smallest absolute Gasteiger partial charge is 0.112 e.